The predicted molar refractivity (Wildman–Crippen MR) is 126 cm³/mol. The van der Waals surface area contributed by atoms with Crippen LogP contribution in [0.25, 0.3) is 0 Å². The van der Waals surface area contributed by atoms with Crippen molar-refractivity contribution >= 4 is 11.8 Å². The fraction of sp³-hybridized carbons (Fsp3) is 0.920. The largest absolute Gasteiger partial charge is 0.383 e. The van der Waals surface area contributed by atoms with Crippen LogP contribution in [0.3, 0.4) is 0 Å². The standard InChI is InChI=1S/C25H43FN4O3/c1-16-7-8-22(26)21-14-23(28-24(16)21)25(32)27-18-5-4-6-19(13-18)29-10-9-20(15-29)30(17(2)31)11-12-33-3/h16,18-24,28H,4-15H2,1-3H3,(H,27,32)/t16?,18-,19+,20?,21?,22?,23?,24?/m1/s1. The highest BCUT2D eigenvalue weighted by Crippen LogP contribution is 2.38. The summed E-state index contributed by atoms with van der Waals surface area (Å²) in [5, 5.41) is 6.77. The molecule has 0 aromatic rings. The third-order valence-electron chi connectivity index (χ3n) is 8.74. The van der Waals surface area contributed by atoms with E-state index in [2.05, 4.69) is 22.5 Å². The van der Waals surface area contributed by atoms with Crippen LogP contribution in [0.2, 0.25) is 0 Å². The highest BCUT2D eigenvalue weighted by atomic mass is 19.1. The summed E-state index contributed by atoms with van der Waals surface area (Å²) in [5.74, 6) is 0.575. The molecule has 188 valence electrons. The third-order valence-corrected chi connectivity index (χ3v) is 8.74. The van der Waals surface area contributed by atoms with Crippen molar-refractivity contribution in [3.63, 3.8) is 0 Å². The Kier molecular flexibility index (Phi) is 8.28. The van der Waals surface area contributed by atoms with Gasteiger partial charge in [-0.25, -0.2) is 4.39 Å². The molecule has 4 aliphatic rings. The zero-order valence-corrected chi connectivity index (χ0v) is 20.6. The van der Waals surface area contributed by atoms with Crippen molar-refractivity contribution in [1.82, 2.24) is 20.4 Å². The minimum atomic E-state index is -0.780. The first-order valence-electron chi connectivity index (χ1n) is 13.1. The zero-order chi connectivity index (χ0) is 23.5. The Morgan fingerprint density at radius 1 is 1.18 bits per heavy atom. The molecule has 2 saturated heterocycles. The Morgan fingerprint density at radius 3 is 2.73 bits per heavy atom. The van der Waals surface area contributed by atoms with Crippen LogP contribution in [0, 0.1) is 11.8 Å². The molecule has 8 heteroatoms. The second-order valence-corrected chi connectivity index (χ2v) is 10.9. The Bertz CT molecular complexity index is 677. The first-order chi connectivity index (χ1) is 15.9. The number of nitrogens with zero attached hydrogens (tertiary/aromatic N) is 2. The number of halogens is 1. The molecule has 8 atom stereocenters. The van der Waals surface area contributed by atoms with Gasteiger partial charge in [-0.2, -0.15) is 0 Å². The second-order valence-electron chi connectivity index (χ2n) is 10.9. The van der Waals surface area contributed by atoms with E-state index in [-0.39, 0.29) is 41.9 Å². The number of hydrogen-bond donors (Lipinski definition) is 2. The van der Waals surface area contributed by atoms with Gasteiger partial charge in [-0.3, -0.25) is 14.5 Å². The van der Waals surface area contributed by atoms with Gasteiger partial charge in [0.25, 0.3) is 0 Å². The summed E-state index contributed by atoms with van der Waals surface area (Å²) in [6.45, 7) is 6.92. The van der Waals surface area contributed by atoms with Gasteiger partial charge in [-0.15, -0.1) is 0 Å². The van der Waals surface area contributed by atoms with E-state index in [1.165, 1.54) is 0 Å². The number of alkyl halides is 1. The van der Waals surface area contributed by atoms with Crippen LogP contribution in [0.15, 0.2) is 0 Å². The molecule has 2 amide bonds. The average molecular weight is 467 g/mol. The fourth-order valence-electron chi connectivity index (χ4n) is 6.87. The lowest BCUT2D eigenvalue weighted by Gasteiger charge is -2.36. The average Bonchev–Trinajstić information content (AvgIpc) is 3.45. The summed E-state index contributed by atoms with van der Waals surface area (Å²) in [7, 11) is 1.67. The third kappa shape index (κ3) is 5.70. The molecule has 33 heavy (non-hydrogen) atoms. The van der Waals surface area contributed by atoms with E-state index in [1.807, 2.05) is 4.90 Å². The van der Waals surface area contributed by atoms with Crippen molar-refractivity contribution in [2.45, 2.75) is 102 Å². The molecule has 2 N–H and O–H groups in total. The maximum atomic E-state index is 14.4. The van der Waals surface area contributed by atoms with Gasteiger partial charge >= 0.3 is 0 Å². The number of rotatable bonds is 7. The van der Waals surface area contributed by atoms with Crippen molar-refractivity contribution < 1.29 is 18.7 Å². The summed E-state index contributed by atoms with van der Waals surface area (Å²) in [6, 6.07) is 0.734. The Balaban J connectivity index is 1.28. The zero-order valence-electron chi connectivity index (χ0n) is 20.6. The van der Waals surface area contributed by atoms with Gasteiger partial charge in [-0.05, 0) is 57.3 Å². The molecule has 6 unspecified atom stereocenters. The van der Waals surface area contributed by atoms with Crippen molar-refractivity contribution in [3.8, 4) is 0 Å². The van der Waals surface area contributed by atoms with Crippen LogP contribution >= 0.6 is 0 Å². The van der Waals surface area contributed by atoms with Crippen molar-refractivity contribution in [1.29, 1.82) is 0 Å². The molecule has 0 aromatic heterocycles. The minimum absolute atomic E-state index is 0.0209. The number of likely N-dealkylation sites (tertiary alicyclic amines) is 1. The smallest absolute Gasteiger partial charge is 0.237 e. The molecule has 0 bridgehead atoms. The van der Waals surface area contributed by atoms with Crippen LogP contribution in [-0.4, -0.2) is 91.3 Å². The maximum absolute atomic E-state index is 14.4. The van der Waals surface area contributed by atoms with E-state index in [1.54, 1.807) is 14.0 Å². The van der Waals surface area contributed by atoms with E-state index in [0.717, 1.165) is 51.6 Å². The lowest BCUT2D eigenvalue weighted by atomic mass is 9.77. The van der Waals surface area contributed by atoms with Crippen molar-refractivity contribution in [2.75, 3.05) is 33.4 Å². The van der Waals surface area contributed by atoms with E-state index in [9.17, 15) is 14.0 Å². The topological polar surface area (TPSA) is 73.9 Å². The number of amides is 2. The summed E-state index contributed by atoms with van der Waals surface area (Å²) in [5.41, 5.74) is 0. The molecule has 7 nitrogen and oxygen atoms in total. The molecule has 4 rings (SSSR count). The van der Waals surface area contributed by atoms with E-state index in [4.69, 9.17) is 4.74 Å². The van der Waals surface area contributed by atoms with Crippen LogP contribution in [0.5, 0.6) is 0 Å². The number of hydrogen-bond acceptors (Lipinski definition) is 5. The van der Waals surface area contributed by atoms with Gasteiger partial charge in [0.15, 0.2) is 0 Å². The molecule has 4 fully saturated rings. The SMILES string of the molecule is COCCN(C(C)=O)C1CCN([C@H]2CCC[C@@H](NC(=O)C3CC4C(F)CCC(C)C4N3)C2)C1. The molecule has 0 spiro atoms. The Labute approximate surface area is 198 Å². The van der Waals surface area contributed by atoms with Gasteiger partial charge in [0, 0.05) is 63.8 Å². The summed E-state index contributed by atoms with van der Waals surface area (Å²) in [4.78, 5) is 29.6. The summed E-state index contributed by atoms with van der Waals surface area (Å²) >= 11 is 0. The van der Waals surface area contributed by atoms with Crippen LogP contribution in [-0.2, 0) is 14.3 Å². The minimum Gasteiger partial charge on any atom is -0.383 e. The first kappa shape index (κ1) is 24.9. The Hall–Kier alpha value is -1.25. The lowest BCUT2D eigenvalue weighted by Crippen LogP contribution is -2.51. The normalized spacial score (nSPS) is 39.3. The number of nitrogens with one attached hydrogen (secondary N) is 2. The van der Waals surface area contributed by atoms with Gasteiger partial charge < -0.3 is 20.3 Å². The van der Waals surface area contributed by atoms with Gasteiger partial charge in [0.2, 0.25) is 11.8 Å². The monoisotopic (exact) mass is 466 g/mol. The number of fused-ring (bicyclic) bond motifs is 1. The highest BCUT2D eigenvalue weighted by Gasteiger charge is 2.46. The second kappa shape index (κ2) is 11.0. The van der Waals surface area contributed by atoms with Crippen LogP contribution in [0.4, 0.5) is 4.39 Å². The van der Waals surface area contributed by atoms with E-state index < -0.39 is 6.17 Å². The molecule has 2 heterocycles. The predicted octanol–water partition coefficient (Wildman–Crippen LogP) is 2.10. The Morgan fingerprint density at radius 2 is 2.00 bits per heavy atom. The molecule has 0 aromatic carbocycles. The van der Waals surface area contributed by atoms with E-state index >= 15 is 0 Å². The quantitative estimate of drug-likeness (QED) is 0.601. The number of ether oxygens (including phenoxy) is 1. The lowest BCUT2D eigenvalue weighted by molar-refractivity contribution is -0.131. The summed E-state index contributed by atoms with van der Waals surface area (Å²) < 4.78 is 19.6. The number of carbonyl (C=O) groups excluding carboxylic acids is 2. The molecule has 0 radical (unpaired) electrons. The molecule has 2 saturated carbocycles. The van der Waals surface area contributed by atoms with Gasteiger partial charge in [-0.1, -0.05) is 6.92 Å². The summed E-state index contributed by atoms with van der Waals surface area (Å²) in [6.07, 6.45) is 6.57. The van der Waals surface area contributed by atoms with Crippen LogP contribution in [0.1, 0.15) is 65.2 Å². The fourth-order valence-corrected chi connectivity index (χ4v) is 6.87. The van der Waals surface area contributed by atoms with E-state index in [0.29, 0.717) is 38.0 Å². The number of methoxy groups -OCH3 is 1. The van der Waals surface area contributed by atoms with Crippen molar-refractivity contribution in [2.24, 2.45) is 11.8 Å². The highest BCUT2D eigenvalue weighted by molar-refractivity contribution is 5.82. The number of carbonyl (C=O) groups is 2. The molecular weight excluding hydrogens is 423 g/mol. The molecule has 2 aliphatic carbocycles. The maximum Gasteiger partial charge on any atom is 0.237 e. The molecule has 2 aliphatic heterocycles. The van der Waals surface area contributed by atoms with Gasteiger partial charge in [0.1, 0.15) is 6.17 Å². The molecular formula is C25H43FN4O3. The van der Waals surface area contributed by atoms with Crippen molar-refractivity contribution in [3.05, 3.63) is 0 Å². The van der Waals surface area contributed by atoms with Crippen LogP contribution < -0.4 is 10.6 Å². The first-order valence-corrected chi connectivity index (χ1v) is 13.1. The van der Waals surface area contributed by atoms with Gasteiger partial charge in [0.05, 0.1) is 12.6 Å².